The number of phenols is 2. The first kappa shape index (κ1) is 49.5. The lowest BCUT2D eigenvalue weighted by molar-refractivity contribution is -0.333. The van der Waals surface area contributed by atoms with E-state index in [1.165, 1.54) is 31.2 Å². The van der Waals surface area contributed by atoms with Crippen LogP contribution in [0.15, 0.2) is 56.7 Å². The van der Waals surface area contributed by atoms with Gasteiger partial charge in [0.1, 0.15) is 34.9 Å². The number of carbonyl (C=O) groups is 1. The fourth-order valence-electron chi connectivity index (χ4n) is 12.1. The Morgan fingerprint density at radius 1 is 0.722 bits per heavy atom. The number of carbonyl (C=O) groups excluding carboxylic acids is 1. The molecular weight excluding hydrogens is 939 g/mol. The highest BCUT2D eigenvalue weighted by atomic mass is 16.7. The lowest BCUT2D eigenvalue weighted by atomic mass is 9.59. The third kappa shape index (κ3) is 8.21. The number of aliphatic imine (C=N–C) groups is 1. The summed E-state index contributed by atoms with van der Waals surface area (Å²) >= 11 is 0. The van der Waals surface area contributed by atoms with E-state index in [9.17, 15) is 40.5 Å². The smallest absolute Gasteiger partial charge is 0.344 e. The van der Waals surface area contributed by atoms with Crippen LogP contribution in [0.5, 0.6) is 11.5 Å². The van der Waals surface area contributed by atoms with Gasteiger partial charge in [0.15, 0.2) is 36.5 Å². The summed E-state index contributed by atoms with van der Waals surface area (Å²) in [5.41, 5.74) is -5.87. The molecular formula is C53H61NO18. The molecule has 5 fully saturated rings. The second-order valence-corrected chi connectivity index (χ2v) is 20.9. The van der Waals surface area contributed by atoms with Gasteiger partial charge in [-0.25, -0.2) is 4.79 Å². The highest BCUT2D eigenvalue weighted by Crippen LogP contribution is 2.58. The van der Waals surface area contributed by atoms with Crippen molar-refractivity contribution in [3.05, 3.63) is 74.8 Å². The highest BCUT2D eigenvalue weighted by molar-refractivity contribution is 6.21. The number of ketones is 1. The molecule has 7 aliphatic rings. The molecule has 386 valence electrons. The van der Waals surface area contributed by atoms with Crippen LogP contribution in [-0.2, 0) is 48.3 Å². The first-order chi connectivity index (χ1) is 34.3. The average molecular weight is 1000 g/mol. The summed E-state index contributed by atoms with van der Waals surface area (Å²) < 4.78 is 56.7. The quantitative estimate of drug-likeness (QED) is 0.124. The van der Waals surface area contributed by atoms with Crippen LogP contribution in [-0.4, -0.2) is 145 Å². The Bertz CT molecular complexity index is 2960. The molecule has 4 aromatic rings. The fourth-order valence-corrected chi connectivity index (χ4v) is 12.1. The van der Waals surface area contributed by atoms with Crippen molar-refractivity contribution >= 4 is 51.1 Å². The molecule has 2 aliphatic carbocycles. The molecule has 7 N–H and O–H groups in total. The molecule has 1 saturated carbocycles. The Labute approximate surface area is 413 Å². The van der Waals surface area contributed by atoms with Crippen molar-refractivity contribution in [3.8, 4) is 11.5 Å². The van der Waals surface area contributed by atoms with Gasteiger partial charge in [-0.15, -0.1) is 0 Å². The van der Waals surface area contributed by atoms with E-state index in [0.29, 0.717) is 36.1 Å². The van der Waals surface area contributed by atoms with E-state index in [1.54, 1.807) is 33.1 Å². The Kier molecular flexibility index (Phi) is 12.6. The summed E-state index contributed by atoms with van der Waals surface area (Å²) in [5.74, 6) is -1.55. The Hall–Kier alpha value is -4.71. The standard InChI is InChI=1S/C53H61NO18/c1-23-34(68-40-18-33(56)46(58)25(3)66-40)12-14-38(64-23)70-36-19-41(67-26(4)47(36)59)69-35-13-15-39(65-24(35)2)72-53-37(57)20-51(5,62)22-52(53,63)17-16-29-45(53)49-43-28(10-11-32(55)44(43)48(29)60)42(50(61)71-49)30-21-54-31-9-7-6-8-27(30)31/h6-11,16-17,21,23-26,33-36,38-41,46-47,55-56,58-60,62-63H,12-15,18-20,22H2,1-5H3/t23-,24+,25+,26-,33+,34-,35+,36-,38-,39+,40-,41+,46+,47-,51+,52+,53+/m1/s1. The zero-order valence-corrected chi connectivity index (χ0v) is 40.5. The van der Waals surface area contributed by atoms with Gasteiger partial charge >= 0.3 is 5.63 Å². The van der Waals surface area contributed by atoms with Gasteiger partial charge in [-0.3, -0.25) is 9.79 Å². The van der Waals surface area contributed by atoms with Gasteiger partial charge < -0.3 is 78.1 Å². The molecule has 11 rings (SSSR count). The minimum Gasteiger partial charge on any atom is -0.507 e. The molecule has 5 aliphatic heterocycles. The van der Waals surface area contributed by atoms with Gasteiger partial charge in [0, 0.05) is 77.8 Å². The number of para-hydroxylation sites is 1. The molecule has 0 bridgehead atoms. The van der Waals surface area contributed by atoms with Crippen LogP contribution in [0.3, 0.4) is 0 Å². The van der Waals surface area contributed by atoms with Crippen molar-refractivity contribution in [1.29, 1.82) is 0 Å². The molecule has 19 nitrogen and oxygen atoms in total. The number of hydrogen-bond donors (Lipinski definition) is 7. The fraction of sp³-hybridized carbons (Fsp3) is 0.566. The second-order valence-electron chi connectivity index (χ2n) is 20.9. The van der Waals surface area contributed by atoms with Crippen molar-refractivity contribution in [2.24, 2.45) is 4.99 Å². The number of aliphatic hydroxyl groups is 5. The molecule has 0 spiro atoms. The Morgan fingerprint density at radius 2 is 1.36 bits per heavy atom. The molecule has 0 radical (unpaired) electrons. The van der Waals surface area contributed by atoms with E-state index in [-0.39, 0.29) is 69.2 Å². The number of fused-ring (bicyclic) bond motifs is 5. The van der Waals surface area contributed by atoms with Crippen molar-refractivity contribution in [2.45, 2.75) is 189 Å². The van der Waals surface area contributed by atoms with Gasteiger partial charge in [-0.2, -0.15) is 0 Å². The summed E-state index contributed by atoms with van der Waals surface area (Å²) in [4.78, 5) is 34.0. The monoisotopic (exact) mass is 999 g/mol. The van der Waals surface area contributed by atoms with Crippen LogP contribution in [0.25, 0.3) is 33.4 Å². The zero-order valence-electron chi connectivity index (χ0n) is 40.5. The van der Waals surface area contributed by atoms with Crippen molar-refractivity contribution < 1.29 is 82.9 Å². The van der Waals surface area contributed by atoms with Gasteiger partial charge in [-0.05, 0) is 71.7 Å². The van der Waals surface area contributed by atoms with Crippen LogP contribution in [0.1, 0.15) is 103 Å². The van der Waals surface area contributed by atoms with Gasteiger partial charge in [0.25, 0.3) is 0 Å². The molecule has 3 aromatic carbocycles. The second kappa shape index (κ2) is 18.3. The number of ether oxygens (including phenoxy) is 8. The minimum atomic E-state index is -2.42. The van der Waals surface area contributed by atoms with Gasteiger partial charge in [0.2, 0.25) is 0 Å². The first-order valence-corrected chi connectivity index (χ1v) is 24.9. The number of rotatable bonds is 8. The van der Waals surface area contributed by atoms with Crippen molar-refractivity contribution in [1.82, 2.24) is 0 Å². The maximum Gasteiger partial charge on any atom is 0.344 e. The first-order valence-electron chi connectivity index (χ1n) is 24.9. The Morgan fingerprint density at radius 3 is 2.07 bits per heavy atom. The van der Waals surface area contributed by atoms with Crippen molar-refractivity contribution in [3.63, 3.8) is 0 Å². The number of aliphatic hydroxyl groups excluding tert-OH is 3. The maximum atomic E-state index is 15.0. The van der Waals surface area contributed by atoms with E-state index in [0.717, 1.165) is 0 Å². The van der Waals surface area contributed by atoms with Crippen LogP contribution >= 0.6 is 0 Å². The average Bonchev–Trinajstić information content (AvgIpc) is 3.74. The molecule has 17 atom stereocenters. The predicted octanol–water partition coefficient (Wildman–Crippen LogP) is 3.63. The van der Waals surface area contributed by atoms with E-state index >= 15 is 4.79 Å². The number of hydrogen-bond acceptors (Lipinski definition) is 19. The third-order valence-corrected chi connectivity index (χ3v) is 15.7. The third-order valence-electron chi connectivity index (χ3n) is 15.7. The highest BCUT2D eigenvalue weighted by Gasteiger charge is 2.67. The number of Topliss-reactive ketones (excluding diaryl/α,β-unsaturated/α-hetero) is 1. The maximum absolute atomic E-state index is 15.0. The zero-order chi connectivity index (χ0) is 50.8. The summed E-state index contributed by atoms with van der Waals surface area (Å²) in [6.45, 7) is 8.44. The number of phenolic OH excluding ortho intramolecular Hbond substituents is 2. The summed E-state index contributed by atoms with van der Waals surface area (Å²) in [6.07, 6.45) is -5.38. The summed E-state index contributed by atoms with van der Waals surface area (Å²) in [5, 5.41) is 79.8. The van der Waals surface area contributed by atoms with E-state index in [2.05, 4.69) is 4.99 Å². The molecule has 4 saturated heterocycles. The molecule has 19 heteroatoms. The van der Waals surface area contributed by atoms with Gasteiger partial charge in [-0.1, -0.05) is 24.3 Å². The van der Waals surface area contributed by atoms with Crippen LogP contribution in [0.4, 0.5) is 5.69 Å². The Balaban J connectivity index is 0.846. The van der Waals surface area contributed by atoms with E-state index in [1.807, 2.05) is 25.1 Å². The minimum absolute atomic E-state index is 0.0407. The lowest BCUT2D eigenvalue weighted by Crippen LogP contribution is -2.67. The van der Waals surface area contributed by atoms with Crippen LogP contribution < -0.4 is 10.8 Å². The summed E-state index contributed by atoms with van der Waals surface area (Å²) in [7, 11) is 0. The topological polar surface area (TPSA) is 275 Å². The number of aromatic hydroxyl groups is 2. The summed E-state index contributed by atoms with van der Waals surface area (Å²) in [6, 6.07) is 10.1. The number of nitrogens with zero attached hydrogens (tertiary/aromatic N) is 1. The van der Waals surface area contributed by atoms with E-state index in [4.69, 9.17) is 42.3 Å². The lowest BCUT2D eigenvalue weighted by Gasteiger charge is -2.54. The van der Waals surface area contributed by atoms with Gasteiger partial charge in [0.05, 0.1) is 70.7 Å². The van der Waals surface area contributed by atoms with Crippen molar-refractivity contribution in [2.75, 3.05) is 0 Å². The molecule has 0 unspecified atom stereocenters. The van der Waals surface area contributed by atoms with Crippen LogP contribution in [0, 0.1) is 0 Å². The molecule has 6 heterocycles. The molecule has 0 amide bonds. The van der Waals surface area contributed by atoms with Crippen LogP contribution in [0.2, 0.25) is 0 Å². The predicted molar refractivity (Wildman–Crippen MR) is 255 cm³/mol. The molecule has 1 aromatic heterocycles. The largest absolute Gasteiger partial charge is 0.507 e. The van der Waals surface area contributed by atoms with E-state index < -0.39 is 127 Å². The number of benzene rings is 3. The molecule has 72 heavy (non-hydrogen) atoms. The SMILES string of the molecule is C[C@@H]1O[C@H](O[C@@H]2CC[C@@H](O[C@@H]3C[C@H](O[C@H]4CC[C@H](O[C@]56C(=O)C[C@](C)(O)C[C@@]5(O)C=Cc5c6c6oc(=O)c(=C7C=Nc8ccccc87)c7ccc(O)c(c5O)c67)O[C@H]4C)O[C@H](C)[C@H]3O)O[C@@H]2C)C[C@H](O)[C@H]1O. The normalized spacial score (nSPS) is 40.6.